The lowest BCUT2D eigenvalue weighted by molar-refractivity contribution is 0.0694. The van der Waals surface area contributed by atoms with Gasteiger partial charge in [0, 0.05) is 36.8 Å². The first-order chi connectivity index (χ1) is 16.6. The molecule has 0 bridgehead atoms. The van der Waals surface area contributed by atoms with Crippen molar-refractivity contribution in [3.05, 3.63) is 74.3 Å². The number of carbonyl (C=O) groups is 1. The van der Waals surface area contributed by atoms with Gasteiger partial charge in [0.1, 0.15) is 11.4 Å². The monoisotopic (exact) mass is 502 g/mol. The second kappa shape index (κ2) is 9.97. The van der Waals surface area contributed by atoms with Crippen molar-refractivity contribution >= 4 is 34.2 Å². The van der Waals surface area contributed by atoms with Crippen molar-refractivity contribution in [3.63, 3.8) is 0 Å². The van der Waals surface area contributed by atoms with E-state index in [1.54, 1.807) is 28.8 Å². The van der Waals surface area contributed by atoms with Crippen LogP contribution in [0.25, 0.3) is 10.9 Å². The largest absolute Gasteiger partial charge is 0.477 e. The number of β-amino-alcohol motifs (C(OH)–C–C–N with tert-alkyl or cyclic N) is 1. The minimum absolute atomic E-state index is 0.0142. The highest BCUT2D eigenvalue weighted by atomic mass is 35.5. The second-order valence-corrected chi connectivity index (χ2v) is 9.76. The van der Waals surface area contributed by atoms with E-state index in [1.807, 2.05) is 18.7 Å². The maximum atomic E-state index is 14.8. The molecule has 9 heteroatoms. The lowest BCUT2D eigenvalue weighted by Gasteiger charge is -2.27. The number of halogens is 2. The summed E-state index contributed by atoms with van der Waals surface area (Å²) in [6.45, 7) is 4.50. The molecule has 1 unspecified atom stereocenters. The molecule has 2 atom stereocenters. The van der Waals surface area contributed by atoms with Crippen molar-refractivity contribution in [1.82, 2.24) is 4.57 Å². The van der Waals surface area contributed by atoms with Gasteiger partial charge in [0.05, 0.1) is 29.3 Å². The summed E-state index contributed by atoms with van der Waals surface area (Å²) in [5, 5.41) is 30.1. The number of aliphatic hydroxyl groups is 2. The van der Waals surface area contributed by atoms with E-state index >= 15 is 0 Å². The number of aromatic nitrogens is 1. The molecule has 3 N–H and O–H groups in total. The van der Waals surface area contributed by atoms with Gasteiger partial charge in [-0.1, -0.05) is 37.6 Å². The molecular formula is C26H28ClFN2O5. The Hall–Kier alpha value is -2.94. The van der Waals surface area contributed by atoms with Crippen molar-refractivity contribution in [2.24, 2.45) is 5.92 Å². The van der Waals surface area contributed by atoms with Crippen LogP contribution in [0.4, 0.5) is 10.1 Å². The molecule has 1 saturated heterocycles. The molecule has 2 heterocycles. The number of anilines is 1. The van der Waals surface area contributed by atoms with Gasteiger partial charge in [-0.2, -0.15) is 0 Å². The van der Waals surface area contributed by atoms with Crippen molar-refractivity contribution in [1.29, 1.82) is 0 Å². The van der Waals surface area contributed by atoms with Gasteiger partial charge in [-0.05, 0) is 41.7 Å². The minimum atomic E-state index is -1.36. The molecule has 0 radical (unpaired) electrons. The summed E-state index contributed by atoms with van der Waals surface area (Å²) < 4.78 is 16.4. The number of aromatic carboxylic acids is 1. The van der Waals surface area contributed by atoms with Gasteiger partial charge in [-0.25, -0.2) is 9.18 Å². The quantitative estimate of drug-likeness (QED) is 0.453. The van der Waals surface area contributed by atoms with Crippen LogP contribution < -0.4 is 10.3 Å². The fourth-order valence-corrected chi connectivity index (χ4v) is 4.96. The predicted molar refractivity (Wildman–Crippen MR) is 133 cm³/mol. The van der Waals surface area contributed by atoms with Gasteiger partial charge in [0.15, 0.2) is 0 Å². The van der Waals surface area contributed by atoms with Crippen molar-refractivity contribution in [2.75, 3.05) is 24.6 Å². The zero-order chi connectivity index (χ0) is 25.4. The first kappa shape index (κ1) is 25.2. The molecule has 186 valence electrons. The van der Waals surface area contributed by atoms with Gasteiger partial charge in [0.2, 0.25) is 5.43 Å². The predicted octanol–water partition coefficient (Wildman–Crippen LogP) is 3.84. The molecule has 4 rings (SSSR count). The maximum Gasteiger partial charge on any atom is 0.341 e. The third kappa shape index (κ3) is 4.78. The lowest BCUT2D eigenvalue weighted by atomic mass is 9.97. The highest BCUT2D eigenvalue weighted by molar-refractivity contribution is 6.30. The third-order valence-corrected chi connectivity index (χ3v) is 6.99. The molecule has 1 aliphatic heterocycles. The van der Waals surface area contributed by atoms with Crippen LogP contribution in [0.3, 0.4) is 0 Å². The molecule has 1 fully saturated rings. The molecule has 0 saturated carbocycles. The minimum Gasteiger partial charge on any atom is -0.477 e. The van der Waals surface area contributed by atoms with Crippen LogP contribution in [-0.4, -0.2) is 51.7 Å². The van der Waals surface area contributed by atoms with Crippen molar-refractivity contribution in [3.8, 4) is 0 Å². The van der Waals surface area contributed by atoms with E-state index < -0.39 is 34.9 Å². The van der Waals surface area contributed by atoms with E-state index in [-0.39, 0.29) is 29.4 Å². The average Bonchev–Trinajstić information content (AvgIpc) is 3.24. The third-order valence-electron chi connectivity index (χ3n) is 6.69. The van der Waals surface area contributed by atoms with E-state index in [0.717, 1.165) is 0 Å². The van der Waals surface area contributed by atoms with Gasteiger partial charge < -0.3 is 24.8 Å². The fraction of sp³-hybridized carbons (Fsp3) is 0.385. The van der Waals surface area contributed by atoms with Gasteiger partial charge in [-0.3, -0.25) is 4.79 Å². The Balaban J connectivity index is 2.02. The number of pyridine rings is 1. The van der Waals surface area contributed by atoms with Crippen molar-refractivity contribution in [2.45, 2.75) is 38.8 Å². The second-order valence-electron chi connectivity index (χ2n) is 9.35. The highest BCUT2D eigenvalue weighted by Crippen LogP contribution is 2.34. The molecule has 2 aromatic carbocycles. The number of nitrogens with zero attached hydrogens (tertiary/aromatic N) is 2. The van der Waals surface area contributed by atoms with Crippen LogP contribution in [0.1, 0.15) is 47.8 Å². The number of rotatable bonds is 7. The molecule has 7 nitrogen and oxygen atoms in total. The summed E-state index contributed by atoms with van der Waals surface area (Å²) in [4.78, 5) is 27.1. The fourth-order valence-electron chi connectivity index (χ4n) is 4.76. The lowest BCUT2D eigenvalue weighted by Crippen LogP contribution is -2.27. The summed E-state index contributed by atoms with van der Waals surface area (Å²) in [5.41, 5.74) is 1.09. The summed E-state index contributed by atoms with van der Waals surface area (Å²) in [6, 6.07) is 7.63. The first-order valence-corrected chi connectivity index (χ1v) is 11.9. The number of hydrogen-bond acceptors (Lipinski definition) is 5. The van der Waals surface area contributed by atoms with Gasteiger partial charge in [0.25, 0.3) is 0 Å². The Morgan fingerprint density at radius 3 is 2.60 bits per heavy atom. The zero-order valence-electron chi connectivity index (χ0n) is 19.5. The number of aliphatic hydroxyl groups excluding tert-OH is 2. The Morgan fingerprint density at radius 2 is 2.00 bits per heavy atom. The van der Waals surface area contributed by atoms with Crippen molar-refractivity contribution < 1.29 is 24.5 Å². The summed E-state index contributed by atoms with van der Waals surface area (Å²) in [7, 11) is 0. The number of fused-ring (bicyclic) bond motifs is 1. The smallest absolute Gasteiger partial charge is 0.341 e. The van der Waals surface area contributed by atoms with Crippen LogP contribution in [0.5, 0.6) is 0 Å². The SMILES string of the molecule is CC(C)[C@@H](CO)n1cc(C(=O)O)c(=O)c2cc(Cc3cccc(Cl)c3F)c(N3CCC(O)C3)cc21. The van der Waals surface area contributed by atoms with Gasteiger partial charge in [-0.15, -0.1) is 0 Å². The molecule has 0 amide bonds. The number of carboxylic acid groups (broad SMARTS) is 1. The Morgan fingerprint density at radius 1 is 1.26 bits per heavy atom. The standard InChI is InChI=1S/C26H28ClFN2O5/c1-14(2)23(13-31)30-12-19(26(34)35)25(33)18-9-16(8-15-4-3-5-20(27)24(15)28)21(10-22(18)30)29-7-6-17(32)11-29/h3-5,9-10,12,14,17,23,31-32H,6-8,11,13H2,1-2H3,(H,34,35)/t17?,23-/m1/s1. The van der Waals surface area contributed by atoms with Crippen LogP contribution >= 0.6 is 11.6 Å². The van der Waals surface area contributed by atoms with E-state index in [1.165, 1.54) is 12.3 Å². The molecule has 1 aliphatic rings. The van der Waals surface area contributed by atoms with Crippen LogP contribution in [0, 0.1) is 11.7 Å². The number of hydrogen-bond donors (Lipinski definition) is 3. The van der Waals surface area contributed by atoms with E-state index in [2.05, 4.69) is 0 Å². The molecule has 0 aliphatic carbocycles. The van der Waals surface area contributed by atoms with Crippen LogP contribution in [0.2, 0.25) is 5.02 Å². The Kier molecular flexibility index (Phi) is 7.17. The first-order valence-electron chi connectivity index (χ1n) is 11.5. The Bertz CT molecular complexity index is 1340. The maximum absolute atomic E-state index is 14.8. The Labute approximate surface area is 207 Å². The molecular weight excluding hydrogens is 475 g/mol. The average molecular weight is 503 g/mol. The zero-order valence-corrected chi connectivity index (χ0v) is 20.3. The molecule has 1 aromatic heterocycles. The van der Waals surface area contributed by atoms with Crippen LogP contribution in [0.15, 0.2) is 41.3 Å². The summed E-state index contributed by atoms with van der Waals surface area (Å²) in [6.07, 6.45) is 1.46. The van der Waals surface area contributed by atoms with Crippen LogP contribution in [-0.2, 0) is 6.42 Å². The van der Waals surface area contributed by atoms with E-state index in [4.69, 9.17) is 11.6 Å². The normalized spacial score (nSPS) is 16.9. The number of carboxylic acids is 1. The van der Waals surface area contributed by atoms with Gasteiger partial charge >= 0.3 is 5.97 Å². The highest BCUT2D eigenvalue weighted by Gasteiger charge is 2.27. The summed E-state index contributed by atoms with van der Waals surface area (Å²) in [5.74, 6) is -1.97. The van der Waals surface area contributed by atoms with E-state index in [9.17, 15) is 29.3 Å². The molecule has 35 heavy (non-hydrogen) atoms. The number of benzene rings is 2. The molecule has 0 spiro atoms. The topological polar surface area (TPSA) is 103 Å². The molecule has 3 aromatic rings. The van der Waals surface area contributed by atoms with E-state index in [0.29, 0.717) is 41.8 Å². The summed E-state index contributed by atoms with van der Waals surface area (Å²) >= 11 is 5.98.